The third-order valence-corrected chi connectivity index (χ3v) is 2.21. The van der Waals surface area contributed by atoms with E-state index in [1.165, 1.54) is 0 Å². The second-order valence-electron chi connectivity index (χ2n) is 3.77. The van der Waals surface area contributed by atoms with Crippen LogP contribution >= 0.6 is 0 Å². The molecular formula is C10H19N5. The van der Waals surface area contributed by atoms with Crippen molar-refractivity contribution < 1.29 is 0 Å². The summed E-state index contributed by atoms with van der Waals surface area (Å²) in [4.78, 5) is 8.38. The molecule has 0 atom stereocenters. The zero-order valence-corrected chi connectivity index (χ0v) is 9.57. The molecule has 1 heterocycles. The minimum absolute atomic E-state index is 0.684. The second-order valence-corrected chi connectivity index (χ2v) is 3.77. The number of aromatic nitrogens is 1. The summed E-state index contributed by atoms with van der Waals surface area (Å²) >= 11 is 0. The smallest absolute Gasteiger partial charge is 0.141 e. The minimum atomic E-state index is 0.684. The van der Waals surface area contributed by atoms with Crippen molar-refractivity contribution in [2.24, 2.45) is 5.84 Å². The van der Waals surface area contributed by atoms with E-state index < -0.39 is 0 Å². The lowest BCUT2D eigenvalue weighted by molar-refractivity contribution is 0.416. The molecule has 1 aromatic rings. The molecule has 0 radical (unpaired) electrons. The quantitative estimate of drug-likeness (QED) is 0.542. The summed E-state index contributed by atoms with van der Waals surface area (Å²) in [7, 11) is 6.18. The zero-order chi connectivity index (χ0) is 11.3. The first-order valence-corrected chi connectivity index (χ1v) is 4.92. The van der Waals surface area contributed by atoms with Gasteiger partial charge in [0.1, 0.15) is 5.82 Å². The van der Waals surface area contributed by atoms with Gasteiger partial charge in [-0.05, 0) is 20.2 Å². The van der Waals surface area contributed by atoms with E-state index in [0.717, 1.165) is 18.8 Å². The molecule has 15 heavy (non-hydrogen) atoms. The Morgan fingerprint density at radius 2 is 2.07 bits per heavy atom. The molecule has 0 bridgehead atoms. The first kappa shape index (κ1) is 11.7. The fraction of sp³-hybridized carbons (Fsp3) is 0.500. The van der Waals surface area contributed by atoms with Crippen molar-refractivity contribution in [1.82, 2.24) is 9.88 Å². The second kappa shape index (κ2) is 5.53. The van der Waals surface area contributed by atoms with Crippen molar-refractivity contribution in [3.05, 3.63) is 18.3 Å². The first-order valence-electron chi connectivity index (χ1n) is 4.92. The number of nitrogen functional groups attached to an aromatic ring is 1. The monoisotopic (exact) mass is 209 g/mol. The molecule has 84 valence electrons. The van der Waals surface area contributed by atoms with Crippen LogP contribution in [0, 0.1) is 0 Å². The van der Waals surface area contributed by atoms with E-state index in [1.807, 2.05) is 12.1 Å². The molecule has 1 aromatic heterocycles. The number of anilines is 2. The molecule has 0 saturated carbocycles. The van der Waals surface area contributed by atoms with Gasteiger partial charge in [0.05, 0.1) is 0 Å². The lowest BCUT2D eigenvalue weighted by atomic mass is 10.3. The highest BCUT2D eigenvalue weighted by Crippen LogP contribution is 2.14. The molecule has 0 saturated heterocycles. The van der Waals surface area contributed by atoms with E-state index in [2.05, 4.69) is 41.4 Å². The van der Waals surface area contributed by atoms with Crippen LogP contribution in [0.3, 0.4) is 0 Å². The van der Waals surface area contributed by atoms with Crippen LogP contribution in [0.4, 0.5) is 11.5 Å². The number of hydrogen-bond donors (Lipinski definition) is 2. The van der Waals surface area contributed by atoms with Crippen molar-refractivity contribution in [1.29, 1.82) is 0 Å². The largest absolute Gasteiger partial charge is 0.373 e. The van der Waals surface area contributed by atoms with Crippen LogP contribution in [-0.2, 0) is 0 Å². The third-order valence-electron chi connectivity index (χ3n) is 2.21. The maximum Gasteiger partial charge on any atom is 0.141 e. The van der Waals surface area contributed by atoms with E-state index in [9.17, 15) is 0 Å². The lowest BCUT2D eigenvalue weighted by Gasteiger charge is -2.21. The highest BCUT2D eigenvalue weighted by atomic mass is 15.3. The van der Waals surface area contributed by atoms with Gasteiger partial charge >= 0.3 is 0 Å². The van der Waals surface area contributed by atoms with Gasteiger partial charge in [-0.1, -0.05) is 0 Å². The Balaban J connectivity index is 2.60. The average molecular weight is 209 g/mol. The number of nitrogens with one attached hydrogen (secondary N) is 1. The Morgan fingerprint density at radius 3 is 2.67 bits per heavy atom. The van der Waals surface area contributed by atoms with E-state index in [0.29, 0.717) is 5.82 Å². The Hall–Kier alpha value is -1.33. The number of hydrazine groups is 1. The molecule has 5 heteroatoms. The molecule has 0 spiro atoms. The maximum atomic E-state index is 5.30. The van der Waals surface area contributed by atoms with Gasteiger partial charge in [-0.25, -0.2) is 10.8 Å². The normalized spacial score (nSPS) is 10.5. The maximum absolute atomic E-state index is 5.30. The molecule has 5 nitrogen and oxygen atoms in total. The topological polar surface area (TPSA) is 57.4 Å². The van der Waals surface area contributed by atoms with Crippen molar-refractivity contribution in [3.63, 3.8) is 0 Å². The van der Waals surface area contributed by atoms with Gasteiger partial charge in [-0.3, -0.25) is 0 Å². The number of nitrogens with zero attached hydrogens (tertiary/aromatic N) is 3. The van der Waals surface area contributed by atoms with Crippen LogP contribution in [0.2, 0.25) is 0 Å². The van der Waals surface area contributed by atoms with Crippen LogP contribution in [-0.4, -0.2) is 44.1 Å². The molecule has 0 unspecified atom stereocenters. The fourth-order valence-corrected chi connectivity index (χ4v) is 1.21. The Labute approximate surface area is 90.9 Å². The molecule has 1 rings (SSSR count). The van der Waals surface area contributed by atoms with E-state index in [1.54, 1.807) is 6.20 Å². The predicted octanol–water partition coefficient (Wildman–Crippen LogP) is 0.365. The minimum Gasteiger partial charge on any atom is -0.373 e. The first-order chi connectivity index (χ1) is 7.13. The summed E-state index contributed by atoms with van der Waals surface area (Å²) in [5, 5.41) is 0. The molecule has 0 aliphatic carbocycles. The van der Waals surface area contributed by atoms with E-state index >= 15 is 0 Å². The van der Waals surface area contributed by atoms with Crippen LogP contribution in [0.15, 0.2) is 18.3 Å². The van der Waals surface area contributed by atoms with Gasteiger partial charge in [-0.2, -0.15) is 0 Å². The van der Waals surface area contributed by atoms with Gasteiger partial charge in [0.15, 0.2) is 0 Å². The van der Waals surface area contributed by atoms with Gasteiger partial charge in [-0.15, -0.1) is 0 Å². The van der Waals surface area contributed by atoms with Crippen molar-refractivity contribution >= 4 is 11.5 Å². The molecule has 0 amide bonds. The van der Waals surface area contributed by atoms with Crippen molar-refractivity contribution in [2.75, 3.05) is 44.6 Å². The molecule has 3 N–H and O–H groups in total. The van der Waals surface area contributed by atoms with Gasteiger partial charge in [0, 0.05) is 38.1 Å². The highest BCUT2D eigenvalue weighted by molar-refractivity contribution is 5.52. The standard InChI is InChI=1S/C10H19N5/c1-14(2)6-7-15(3)9-4-5-12-10(8-9)13-11/h4-5,8H,6-7,11H2,1-3H3,(H,12,13). The van der Waals surface area contributed by atoms with Crippen molar-refractivity contribution in [2.45, 2.75) is 0 Å². The third kappa shape index (κ3) is 3.73. The number of nitrogens with two attached hydrogens (primary N) is 1. The summed E-state index contributed by atoms with van der Waals surface area (Å²) < 4.78 is 0. The number of rotatable bonds is 5. The molecule has 0 fully saturated rings. The lowest BCUT2D eigenvalue weighted by Crippen LogP contribution is -2.28. The Kier molecular flexibility index (Phi) is 4.33. The predicted molar refractivity (Wildman–Crippen MR) is 63.9 cm³/mol. The van der Waals surface area contributed by atoms with Gasteiger partial charge in [0.25, 0.3) is 0 Å². The number of likely N-dealkylation sites (N-methyl/N-ethyl adjacent to an activating group) is 2. The van der Waals surface area contributed by atoms with Gasteiger partial charge < -0.3 is 15.2 Å². The van der Waals surface area contributed by atoms with Crippen LogP contribution in [0.5, 0.6) is 0 Å². The van der Waals surface area contributed by atoms with E-state index in [4.69, 9.17) is 5.84 Å². The number of hydrogen-bond acceptors (Lipinski definition) is 5. The molecular weight excluding hydrogens is 190 g/mol. The van der Waals surface area contributed by atoms with Crippen LogP contribution < -0.4 is 16.2 Å². The highest BCUT2D eigenvalue weighted by Gasteiger charge is 2.02. The van der Waals surface area contributed by atoms with Crippen molar-refractivity contribution in [3.8, 4) is 0 Å². The zero-order valence-electron chi connectivity index (χ0n) is 9.57. The molecule has 0 aromatic carbocycles. The summed E-state index contributed by atoms with van der Waals surface area (Å²) in [6, 6.07) is 3.90. The SMILES string of the molecule is CN(C)CCN(C)c1ccnc(NN)c1. The summed E-state index contributed by atoms with van der Waals surface area (Å²) in [6.07, 6.45) is 1.75. The molecule has 0 aliphatic rings. The Bertz CT molecular complexity index is 300. The van der Waals surface area contributed by atoms with Gasteiger partial charge in [0.2, 0.25) is 0 Å². The summed E-state index contributed by atoms with van der Waals surface area (Å²) in [5.41, 5.74) is 3.65. The van der Waals surface area contributed by atoms with Crippen LogP contribution in [0.1, 0.15) is 0 Å². The van der Waals surface area contributed by atoms with E-state index in [-0.39, 0.29) is 0 Å². The fourth-order valence-electron chi connectivity index (χ4n) is 1.21. The van der Waals surface area contributed by atoms with Crippen LogP contribution in [0.25, 0.3) is 0 Å². The molecule has 0 aliphatic heterocycles. The Morgan fingerprint density at radius 1 is 1.33 bits per heavy atom. The summed E-state index contributed by atoms with van der Waals surface area (Å²) in [6.45, 7) is 1.99. The summed E-state index contributed by atoms with van der Waals surface area (Å²) in [5.74, 6) is 5.99. The number of pyridine rings is 1. The average Bonchev–Trinajstić information content (AvgIpc) is 2.26.